The Hall–Kier alpha value is -0.770. The van der Waals surface area contributed by atoms with Crippen LogP contribution in [-0.4, -0.2) is 25.9 Å². The second-order valence-corrected chi connectivity index (χ2v) is 5.38. The lowest BCUT2D eigenvalue weighted by Gasteiger charge is -2.19. The number of benzene rings is 1. The largest absolute Gasteiger partial charge is 0.489 e. The summed E-state index contributed by atoms with van der Waals surface area (Å²) in [5.41, 5.74) is 1.09. The lowest BCUT2D eigenvalue weighted by Crippen LogP contribution is -2.23. The highest BCUT2D eigenvalue weighted by molar-refractivity contribution is 6.32. The first-order valence-electron chi connectivity index (χ1n) is 6.71. The van der Waals surface area contributed by atoms with Crippen LogP contribution >= 0.6 is 11.6 Å². The number of nitrogens with one attached hydrogen (secondary N) is 1. The molecule has 0 fully saturated rings. The lowest BCUT2D eigenvalue weighted by molar-refractivity contribution is 0.134. The van der Waals surface area contributed by atoms with Gasteiger partial charge in [-0.25, -0.2) is 0 Å². The molecule has 0 aromatic heterocycles. The van der Waals surface area contributed by atoms with Gasteiger partial charge in [0.05, 0.1) is 11.1 Å². The third-order valence-corrected chi connectivity index (χ3v) is 3.09. The van der Waals surface area contributed by atoms with Crippen LogP contribution in [0.3, 0.4) is 0 Å². The molecule has 1 unspecified atom stereocenters. The molecule has 0 bridgehead atoms. The normalized spacial score (nSPS) is 12.7. The third-order valence-electron chi connectivity index (χ3n) is 2.80. The van der Waals surface area contributed by atoms with Gasteiger partial charge >= 0.3 is 0 Å². The number of halogens is 1. The van der Waals surface area contributed by atoms with Gasteiger partial charge in [-0.15, -0.1) is 0 Å². The molecular weight excluding hydrogens is 262 g/mol. The van der Waals surface area contributed by atoms with E-state index in [1.165, 1.54) is 0 Å². The van der Waals surface area contributed by atoms with Crippen LogP contribution in [-0.2, 0) is 11.3 Å². The number of hydrogen-bond acceptors (Lipinski definition) is 3. The van der Waals surface area contributed by atoms with Gasteiger partial charge in [-0.1, -0.05) is 37.6 Å². The maximum Gasteiger partial charge on any atom is 0.142 e. The van der Waals surface area contributed by atoms with Crippen LogP contribution in [0.4, 0.5) is 0 Å². The molecule has 0 saturated heterocycles. The van der Waals surface area contributed by atoms with Gasteiger partial charge in [0.25, 0.3) is 0 Å². The van der Waals surface area contributed by atoms with Crippen molar-refractivity contribution in [3.8, 4) is 5.75 Å². The molecule has 1 aromatic rings. The maximum absolute atomic E-state index is 6.24. The zero-order chi connectivity index (χ0) is 14.3. The van der Waals surface area contributed by atoms with E-state index in [0.717, 1.165) is 24.3 Å². The maximum atomic E-state index is 6.24. The summed E-state index contributed by atoms with van der Waals surface area (Å²) in [5.74, 6) is 0.779. The Kier molecular flexibility index (Phi) is 7.21. The molecule has 4 heteroatoms. The van der Waals surface area contributed by atoms with Crippen LogP contribution in [0, 0.1) is 0 Å². The minimum atomic E-state index is 0.0812. The second kappa shape index (κ2) is 8.41. The zero-order valence-corrected chi connectivity index (χ0v) is 13.0. The minimum Gasteiger partial charge on any atom is -0.489 e. The SMILES string of the molecule is COCCC(C)Oc1c(Cl)cccc1CNC(C)C. The van der Waals surface area contributed by atoms with Gasteiger partial charge in [0.2, 0.25) is 0 Å². The second-order valence-electron chi connectivity index (χ2n) is 4.97. The highest BCUT2D eigenvalue weighted by atomic mass is 35.5. The molecule has 19 heavy (non-hydrogen) atoms. The fourth-order valence-electron chi connectivity index (χ4n) is 1.68. The quantitative estimate of drug-likeness (QED) is 0.791. The summed E-state index contributed by atoms with van der Waals surface area (Å²) in [6.45, 7) is 7.70. The molecule has 0 radical (unpaired) electrons. The van der Waals surface area contributed by atoms with Crippen LogP contribution in [0.5, 0.6) is 5.75 Å². The molecule has 0 saturated carbocycles. The first kappa shape index (κ1) is 16.3. The number of ether oxygens (including phenoxy) is 2. The van der Waals surface area contributed by atoms with E-state index in [9.17, 15) is 0 Å². The van der Waals surface area contributed by atoms with Gasteiger partial charge in [0, 0.05) is 38.3 Å². The summed E-state index contributed by atoms with van der Waals surface area (Å²) < 4.78 is 11.0. The Labute approximate surface area is 121 Å². The van der Waals surface area contributed by atoms with E-state index in [-0.39, 0.29) is 6.10 Å². The van der Waals surface area contributed by atoms with E-state index in [1.54, 1.807) is 7.11 Å². The summed E-state index contributed by atoms with van der Waals surface area (Å²) in [5, 5.41) is 4.04. The Morgan fingerprint density at radius 2 is 2.00 bits per heavy atom. The molecule has 1 rings (SSSR count). The highest BCUT2D eigenvalue weighted by Crippen LogP contribution is 2.30. The predicted octanol–water partition coefficient (Wildman–Crippen LogP) is 3.64. The molecule has 0 aliphatic rings. The van der Waals surface area contributed by atoms with Crippen molar-refractivity contribution in [2.75, 3.05) is 13.7 Å². The molecule has 1 aromatic carbocycles. The Morgan fingerprint density at radius 3 is 2.63 bits per heavy atom. The van der Waals surface area contributed by atoms with Crippen molar-refractivity contribution in [1.29, 1.82) is 0 Å². The highest BCUT2D eigenvalue weighted by Gasteiger charge is 2.12. The van der Waals surface area contributed by atoms with Crippen molar-refractivity contribution >= 4 is 11.6 Å². The first-order valence-corrected chi connectivity index (χ1v) is 7.08. The van der Waals surface area contributed by atoms with Crippen molar-refractivity contribution < 1.29 is 9.47 Å². The van der Waals surface area contributed by atoms with Crippen molar-refractivity contribution in [3.63, 3.8) is 0 Å². The number of methoxy groups -OCH3 is 1. The van der Waals surface area contributed by atoms with Crippen LogP contribution in [0.1, 0.15) is 32.8 Å². The molecule has 1 atom stereocenters. The average molecular weight is 286 g/mol. The molecule has 0 spiro atoms. The fraction of sp³-hybridized carbons (Fsp3) is 0.600. The van der Waals surface area contributed by atoms with Gasteiger partial charge in [-0.05, 0) is 13.0 Å². The lowest BCUT2D eigenvalue weighted by atomic mass is 10.2. The topological polar surface area (TPSA) is 30.5 Å². The van der Waals surface area contributed by atoms with Crippen molar-refractivity contribution in [2.24, 2.45) is 0 Å². The van der Waals surface area contributed by atoms with Crippen molar-refractivity contribution in [1.82, 2.24) is 5.32 Å². The van der Waals surface area contributed by atoms with Crippen LogP contribution in [0.15, 0.2) is 18.2 Å². The molecule has 1 N–H and O–H groups in total. The molecule has 0 aliphatic carbocycles. The van der Waals surface area contributed by atoms with Crippen molar-refractivity contribution in [2.45, 2.75) is 45.9 Å². The smallest absolute Gasteiger partial charge is 0.142 e. The third kappa shape index (κ3) is 5.81. The van der Waals surface area contributed by atoms with Crippen LogP contribution in [0.25, 0.3) is 0 Å². The van der Waals surface area contributed by atoms with Crippen molar-refractivity contribution in [3.05, 3.63) is 28.8 Å². The van der Waals surface area contributed by atoms with E-state index in [4.69, 9.17) is 21.1 Å². The molecule has 0 heterocycles. The molecule has 0 aliphatic heterocycles. The standard InChI is InChI=1S/C15H24ClNO2/c1-11(2)17-10-13-6-5-7-14(16)15(13)19-12(3)8-9-18-4/h5-7,11-12,17H,8-10H2,1-4H3. The van der Waals surface area contributed by atoms with Gasteiger partial charge in [0.1, 0.15) is 5.75 Å². The number of rotatable bonds is 8. The zero-order valence-electron chi connectivity index (χ0n) is 12.2. The Balaban J connectivity index is 2.73. The van der Waals surface area contributed by atoms with E-state index >= 15 is 0 Å². The van der Waals surface area contributed by atoms with Gasteiger partial charge in [-0.2, -0.15) is 0 Å². The van der Waals surface area contributed by atoms with Gasteiger partial charge < -0.3 is 14.8 Å². The summed E-state index contributed by atoms with van der Waals surface area (Å²) in [7, 11) is 1.69. The number of hydrogen-bond donors (Lipinski definition) is 1. The monoisotopic (exact) mass is 285 g/mol. The molecular formula is C15H24ClNO2. The molecule has 108 valence electrons. The van der Waals surface area contributed by atoms with Crippen LogP contribution < -0.4 is 10.1 Å². The molecule has 3 nitrogen and oxygen atoms in total. The summed E-state index contributed by atoms with van der Waals surface area (Å²) >= 11 is 6.24. The average Bonchev–Trinajstić information content (AvgIpc) is 2.37. The summed E-state index contributed by atoms with van der Waals surface area (Å²) in [6.07, 6.45) is 0.927. The van der Waals surface area contributed by atoms with E-state index < -0.39 is 0 Å². The first-order chi connectivity index (χ1) is 9.04. The Morgan fingerprint density at radius 1 is 1.26 bits per heavy atom. The van der Waals surface area contributed by atoms with E-state index in [2.05, 4.69) is 19.2 Å². The van der Waals surface area contributed by atoms with Gasteiger partial charge in [-0.3, -0.25) is 0 Å². The number of para-hydroxylation sites is 1. The predicted molar refractivity (Wildman–Crippen MR) is 80.0 cm³/mol. The molecule has 0 amide bonds. The van der Waals surface area contributed by atoms with E-state index in [1.807, 2.05) is 25.1 Å². The van der Waals surface area contributed by atoms with Gasteiger partial charge in [0.15, 0.2) is 0 Å². The fourth-order valence-corrected chi connectivity index (χ4v) is 1.92. The minimum absolute atomic E-state index is 0.0812. The summed E-state index contributed by atoms with van der Waals surface area (Å²) in [4.78, 5) is 0. The van der Waals surface area contributed by atoms with Crippen LogP contribution in [0.2, 0.25) is 5.02 Å². The summed E-state index contributed by atoms with van der Waals surface area (Å²) in [6, 6.07) is 6.28. The Bertz CT molecular complexity index is 382. The van der Waals surface area contributed by atoms with E-state index in [0.29, 0.717) is 17.7 Å².